The van der Waals surface area contributed by atoms with E-state index in [0.717, 1.165) is 6.42 Å². The van der Waals surface area contributed by atoms with Gasteiger partial charge in [-0.15, -0.1) is 24.2 Å². The molecule has 2 aromatic rings. The molecule has 0 saturated carbocycles. The van der Waals surface area contributed by atoms with Crippen molar-refractivity contribution in [3.8, 4) is 0 Å². The summed E-state index contributed by atoms with van der Waals surface area (Å²) in [5.74, 6) is 0. The second-order valence-corrected chi connectivity index (χ2v) is 7.09. The van der Waals surface area contributed by atoms with E-state index in [1.54, 1.807) is 0 Å². The summed E-state index contributed by atoms with van der Waals surface area (Å²) in [5.41, 5.74) is 3.95. The van der Waals surface area contributed by atoms with Crippen molar-refractivity contribution >= 4 is 29.9 Å². The average molecular weight is 318 g/mol. The first kappa shape index (κ1) is 16.1. The minimum absolute atomic E-state index is 0. The number of benzene rings is 2. The molecule has 1 nitrogen and oxygen atoms in total. The molecular weight excluding hydrogens is 298 g/mol. The Morgan fingerprint density at radius 1 is 1.00 bits per heavy atom. The van der Waals surface area contributed by atoms with Gasteiger partial charge in [-0.1, -0.05) is 60.7 Å². The second-order valence-electron chi connectivity index (χ2n) is 5.50. The molecule has 0 fully saturated rings. The number of nitrogens with zero attached hydrogens (tertiary/aromatic N) is 1. The van der Waals surface area contributed by atoms with Crippen molar-refractivity contribution < 1.29 is 0 Å². The van der Waals surface area contributed by atoms with Gasteiger partial charge in [0, 0.05) is 12.1 Å². The third-order valence-corrected chi connectivity index (χ3v) is 5.23. The maximum atomic E-state index is 4.95. The quantitative estimate of drug-likeness (QED) is 0.746. The number of hydrogen-bond donors (Lipinski definition) is 0. The predicted molar refractivity (Wildman–Crippen MR) is 95.7 cm³/mol. The van der Waals surface area contributed by atoms with Crippen LogP contribution in [0.4, 0.5) is 0 Å². The lowest BCUT2D eigenvalue weighted by molar-refractivity contribution is 0.684. The molecule has 0 radical (unpaired) electrons. The maximum absolute atomic E-state index is 4.95. The largest absolute Gasteiger partial charge is 0.275 e. The van der Waals surface area contributed by atoms with Crippen LogP contribution in [0.1, 0.15) is 30.2 Å². The van der Waals surface area contributed by atoms with E-state index in [0.29, 0.717) is 5.25 Å². The molecule has 0 bridgehead atoms. The Hall–Kier alpha value is -1.25. The van der Waals surface area contributed by atoms with Crippen LogP contribution in [0.25, 0.3) is 0 Å². The summed E-state index contributed by atoms with van der Waals surface area (Å²) in [6.07, 6.45) is 0.985. The molecule has 0 N–H and O–H groups in total. The highest BCUT2D eigenvalue weighted by molar-refractivity contribution is 8.01. The van der Waals surface area contributed by atoms with Crippen LogP contribution in [0.5, 0.6) is 0 Å². The van der Waals surface area contributed by atoms with Crippen molar-refractivity contribution in [3.63, 3.8) is 0 Å². The molecule has 0 amide bonds. The van der Waals surface area contributed by atoms with Gasteiger partial charge < -0.3 is 0 Å². The number of aliphatic imine (C=N–C) groups is 1. The van der Waals surface area contributed by atoms with Crippen LogP contribution in [-0.2, 0) is 6.42 Å². The molecule has 2 atom stereocenters. The Labute approximate surface area is 137 Å². The molecule has 3 rings (SSSR count). The molecule has 1 aliphatic rings. The monoisotopic (exact) mass is 317 g/mol. The van der Waals surface area contributed by atoms with Crippen LogP contribution in [0.15, 0.2) is 65.7 Å². The number of rotatable bonds is 3. The zero-order chi connectivity index (χ0) is 14.0. The average Bonchev–Trinajstić information content (AvgIpc) is 2.76. The van der Waals surface area contributed by atoms with Crippen molar-refractivity contribution in [3.05, 3.63) is 71.8 Å². The van der Waals surface area contributed by atoms with Crippen LogP contribution in [-0.4, -0.2) is 10.6 Å². The molecule has 110 valence electrons. The van der Waals surface area contributed by atoms with Crippen LogP contribution < -0.4 is 0 Å². The van der Waals surface area contributed by atoms with Gasteiger partial charge in [0.05, 0.1) is 5.25 Å². The zero-order valence-electron chi connectivity index (χ0n) is 12.3. The van der Waals surface area contributed by atoms with Gasteiger partial charge in [-0.05, 0) is 25.0 Å². The fraction of sp³-hybridized carbons (Fsp3) is 0.278. The van der Waals surface area contributed by atoms with Gasteiger partial charge in [-0.3, -0.25) is 4.99 Å². The summed E-state index contributed by atoms with van der Waals surface area (Å²) in [5, 5.41) is 0.393. The highest BCUT2D eigenvalue weighted by atomic mass is 35.5. The molecule has 1 heterocycles. The van der Waals surface area contributed by atoms with E-state index < -0.39 is 0 Å². The maximum Gasteiger partial charge on any atom is 0.108 e. The first-order chi connectivity index (χ1) is 9.66. The smallest absolute Gasteiger partial charge is 0.108 e. The molecule has 2 unspecified atom stereocenters. The molecule has 3 heteroatoms. The fourth-order valence-corrected chi connectivity index (χ4v) is 4.26. The summed E-state index contributed by atoms with van der Waals surface area (Å²) in [4.78, 5) is 4.90. The molecular formula is C18H20ClNS. The number of halogens is 1. The summed E-state index contributed by atoms with van der Waals surface area (Å²) >= 11 is 1.97. The molecule has 2 aromatic carbocycles. The van der Waals surface area contributed by atoms with Crippen LogP contribution in [0.3, 0.4) is 0 Å². The van der Waals surface area contributed by atoms with Crippen molar-refractivity contribution in [2.45, 2.75) is 30.4 Å². The van der Waals surface area contributed by atoms with Gasteiger partial charge in [-0.2, -0.15) is 0 Å². The van der Waals surface area contributed by atoms with E-state index >= 15 is 0 Å². The van der Waals surface area contributed by atoms with E-state index in [1.165, 1.54) is 16.8 Å². The minimum Gasteiger partial charge on any atom is -0.275 e. The number of thioether (sulfide) groups is 1. The van der Waals surface area contributed by atoms with E-state index in [1.807, 2.05) is 11.8 Å². The lowest BCUT2D eigenvalue weighted by Gasteiger charge is -2.22. The minimum atomic E-state index is -0.0497. The Kier molecular flexibility index (Phi) is 5.13. The van der Waals surface area contributed by atoms with Gasteiger partial charge in [0.2, 0.25) is 0 Å². The molecule has 0 spiro atoms. The normalized spacial score (nSPS) is 24.3. The molecule has 21 heavy (non-hydrogen) atoms. The third-order valence-electron chi connectivity index (χ3n) is 3.64. The molecule has 0 aromatic heterocycles. The van der Waals surface area contributed by atoms with Gasteiger partial charge in [-0.25, -0.2) is 0 Å². The Morgan fingerprint density at radius 3 is 2.19 bits per heavy atom. The van der Waals surface area contributed by atoms with Gasteiger partial charge in [0.15, 0.2) is 0 Å². The predicted octanol–water partition coefficient (Wildman–Crippen LogP) is 5.32. The van der Waals surface area contributed by atoms with Crippen molar-refractivity contribution in [2.24, 2.45) is 4.99 Å². The summed E-state index contributed by atoms with van der Waals surface area (Å²) in [7, 11) is 0. The molecule has 0 saturated heterocycles. The summed E-state index contributed by atoms with van der Waals surface area (Å²) in [6.45, 7) is 4.40. The highest BCUT2D eigenvalue weighted by Gasteiger charge is 2.36. The lowest BCUT2D eigenvalue weighted by Crippen LogP contribution is -2.17. The number of hydrogen-bond acceptors (Lipinski definition) is 2. The Bertz CT molecular complexity index is 612. The lowest BCUT2D eigenvalue weighted by atomic mass is 10.1. The molecule has 1 aliphatic heterocycles. The van der Waals surface area contributed by atoms with Gasteiger partial charge >= 0.3 is 0 Å². The first-order valence-electron chi connectivity index (χ1n) is 6.99. The standard InChI is InChI=1S/C18H19NS.ClH/c1-14-17(16-11-7-4-8-12-16)20-18(2,19-14)13-15-9-5-3-6-10-15;/h3-12,17H,13H2,1-2H3;1H. The van der Waals surface area contributed by atoms with Crippen LogP contribution in [0.2, 0.25) is 0 Å². The van der Waals surface area contributed by atoms with Gasteiger partial charge in [0.25, 0.3) is 0 Å². The molecule has 0 aliphatic carbocycles. The van der Waals surface area contributed by atoms with Gasteiger partial charge in [0.1, 0.15) is 4.87 Å². The van der Waals surface area contributed by atoms with Crippen molar-refractivity contribution in [1.29, 1.82) is 0 Å². The highest BCUT2D eigenvalue weighted by Crippen LogP contribution is 2.48. The van der Waals surface area contributed by atoms with E-state index in [4.69, 9.17) is 4.99 Å². The zero-order valence-corrected chi connectivity index (χ0v) is 14.0. The fourth-order valence-electron chi connectivity index (χ4n) is 2.79. The van der Waals surface area contributed by atoms with E-state index in [2.05, 4.69) is 74.5 Å². The Balaban J connectivity index is 0.00000161. The van der Waals surface area contributed by atoms with Crippen molar-refractivity contribution in [1.82, 2.24) is 0 Å². The summed E-state index contributed by atoms with van der Waals surface area (Å²) in [6, 6.07) is 21.3. The van der Waals surface area contributed by atoms with Crippen LogP contribution >= 0.6 is 24.2 Å². The van der Waals surface area contributed by atoms with E-state index in [9.17, 15) is 0 Å². The van der Waals surface area contributed by atoms with Crippen LogP contribution in [0, 0.1) is 0 Å². The van der Waals surface area contributed by atoms with E-state index in [-0.39, 0.29) is 17.3 Å². The Morgan fingerprint density at radius 2 is 1.57 bits per heavy atom. The summed E-state index contributed by atoms with van der Waals surface area (Å²) < 4.78 is 0. The SMILES string of the molecule is CC1=NC(C)(Cc2ccccc2)SC1c1ccccc1.Cl. The topological polar surface area (TPSA) is 12.4 Å². The third kappa shape index (κ3) is 3.69. The second kappa shape index (κ2) is 6.67. The van der Waals surface area contributed by atoms with Crippen molar-refractivity contribution in [2.75, 3.05) is 0 Å². The first-order valence-corrected chi connectivity index (χ1v) is 7.87.